The first-order valence-corrected chi connectivity index (χ1v) is 17.6. The lowest BCUT2D eigenvalue weighted by molar-refractivity contribution is -0.139. The van der Waals surface area contributed by atoms with Gasteiger partial charge in [-0.2, -0.15) is 0 Å². The van der Waals surface area contributed by atoms with Gasteiger partial charge in [0.05, 0.1) is 42.7 Å². The van der Waals surface area contributed by atoms with Gasteiger partial charge >= 0.3 is 5.97 Å². The second kappa shape index (κ2) is 20.1. The molecule has 2 saturated heterocycles. The summed E-state index contributed by atoms with van der Waals surface area (Å²) in [5.41, 5.74) is 0.851. The number of carbonyl (C=O) groups excluding carboxylic acids is 1. The van der Waals surface area contributed by atoms with E-state index < -0.39 is 12.2 Å². The van der Waals surface area contributed by atoms with Crippen molar-refractivity contribution in [3.05, 3.63) is 11.6 Å². The van der Waals surface area contributed by atoms with Crippen molar-refractivity contribution in [1.82, 2.24) is 0 Å². The molecule has 0 radical (unpaired) electrons. The Bertz CT molecular complexity index is 770. The molecule has 0 aromatic heterocycles. The van der Waals surface area contributed by atoms with E-state index in [1.807, 2.05) is 13.0 Å². The van der Waals surface area contributed by atoms with E-state index in [2.05, 4.69) is 6.92 Å². The average molecular weight is 595 g/mol. The Morgan fingerprint density at radius 2 is 1.19 bits per heavy atom. The van der Waals surface area contributed by atoms with Crippen LogP contribution in [0.15, 0.2) is 11.6 Å². The number of unbranched alkanes of at least 4 members (excludes halogenated alkanes) is 10. The number of carbonyl (C=O) groups is 1. The quantitative estimate of drug-likeness (QED) is 0.0858. The molecule has 0 aliphatic carbocycles. The Balaban J connectivity index is 1.16. The fourth-order valence-electron chi connectivity index (χ4n) is 6.92. The molecule has 42 heavy (non-hydrogen) atoms. The lowest BCUT2D eigenvalue weighted by atomic mass is 9.99. The molecule has 0 unspecified atom stereocenters. The molecule has 244 valence electrons. The number of aliphatic hydroxyl groups excluding tert-OH is 3. The van der Waals surface area contributed by atoms with Crippen molar-refractivity contribution in [3.8, 4) is 0 Å². The molecular formula is C35H62O7. The van der Waals surface area contributed by atoms with Gasteiger partial charge in [0.1, 0.15) is 6.10 Å². The Kier molecular flexibility index (Phi) is 17.0. The standard InChI is InChI=1S/C35H62O7/c1-3-4-5-13-17-28(36)18-15-20-30(38)32-22-24-34(42-32)33-23-21-31(41-33)29(37)19-14-11-9-7-6-8-10-12-16-27-25-26(2)40-35(27)39/h25-26,28-34,36-38H,3-24H2,1-2H3/t26-,28-,29+,30-,31-,32+,33+,34+/m0/s1. The van der Waals surface area contributed by atoms with Gasteiger partial charge in [0, 0.05) is 5.57 Å². The van der Waals surface area contributed by atoms with E-state index in [1.54, 1.807) is 0 Å². The van der Waals surface area contributed by atoms with E-state index >= 15 is 0 Å². The average Bonchev–Trinajstić information content (AvgIpc) is 3.72. The fraction of sp³-hybridized carbons (Fsp3) is 0.914. The summed E-state index contributed by atoms with van der Waals surface area (Å²) in [4.78, 5) is 11.6. The van der Waals surface area contributed by atoms with E-state index in [1.165, 1.54) is 44.9 Å². The smallest absolute Gasteiger partial charge is 0.334 e. The van der Waals surface area contributed by atoms with Gasteiger partial charge in [0.2, 0.25) is 0 Å². The first kappa shape index (κ1) is 35.5. The summed E-state index contributed by atoms with van der Waals surface area (Å²) < 4.78 is 17.6. The van der Waals surface area contributed by atoms with Crippen LogP contribution in [0, 0.1) is 0 Å². The van der Waals surface area contributed by atoms with Crippen LogP contribution in [0.5, 0.6) is 0 Å². The largest absolute Gasteiger partial charge is 0.455 e. The predicted molar refractivity (Wildman–Crippen MR) is 166 cm³/mol. The maximum absolute atomic E-state index is 11.6. The Labute approximate surface area is 255 Å². The first-order valence-electron chi connectivity index (χ1n) is 17.6. The number of cyclic esters (lactones) is 1. The van der Waals surface area contributed by atoms with Gasteiger partial charge in [0.15, 0.2) is 0 Å². The lowest BCUT2D eigenvalue weighted by Gasteiger charge is -2.24. The van der Waals surface area contributed by atoms with Crippen molar-refractivity contribution in [3.63, 3.8) is 0 Å². The summed E-state index contributed by atoms with van der Waals surface area (Å²) in [6, 6.07) is 0. The number of rotatable bonds is 23. The molecule has 3 aliphatic heterocycles. The van der Waals surface area contributed by atoms with Gasteiger partial charge < -0.3 is 29.5 Å². The van der Waals surface area contributed by atoms with E-state index in [-0.39, 0.29) is 42.6 Å². The zero-order chi connectivity index (χ0) is 30.2. The normalized spacial score (nSPS) is 28.2. The first-order chi connectivity index (χ1) is 20.4. The van der Waals surface area contributed by atoms with E-state index in [0.717, 1.165) is 95.5 Å². The minimum Gasteiger partial charge on any atom is -0.455 e. The zero-order valence-electron chi connectivity index (χ0n) is 26.7. The molecule has 7 nitrogen and oxygen atoms in total. The minimum atomic E-state index is -0.482. The topological polar surface area (TPSA) is 105 Å². The van der Waals surface area contributed by atoms with Crippen LogP contribution in [0.25, 0.3) is 0 Å². The highest BCUT2D eigenvalue weighted by Crippen LogP contribution is 2.34. The SMILES string of the molecule is CCCCCC[C@H](O)CCC[C@H](O)[C@H]1CC[C@H]([C@H]2CC[C@@H]([C@H](O)CCCCCCCCCCC3=C[C@H](C)OC3=O)O2)O1. The van der Waals surface area contributed by atoms with Crippen LogP contribution in [0.4, 0.5) is 0 Å². The molecule has 8 atom stereocenters. The van der Waals surface area contributed by atoms with Crippen LogP contribution in [0.1, 0.15) is 155 Å². The lowest BCUT2D eigenvalue weighted by Crippen LogP contribution is -2.33. The maximum Gasteiger partial charge on any atom is 0.334 e. The molecule has 0 aromatic rings. The molecule has 7 heteroatoms. The molecule has 0 amide bonds. The minimum absolute atomic E-state index is 0.0123. The van der Waals surface area contributed by atoms with Crippen LogP contribution in [-0.2, 0) is 19.0 Å². The summed E-state index contributed by atoms with van der Waals surface area (Å²) in [6.07, 6.45) is 22.8. The Morgan fingerprint density at radius 1 is 0.690 bits per heavy atom. The molecule has 0 aromatic carbocycles. The highest BCUT2D eigenvalue weighted by molar-refractivity contribution is 5.90. The third kappa shape index (κ3) is 12.9. The summed E-state index contributed by atoms with van der Waals surface area (Å²) in [6.45, 7) is 4.10. The van der Waals surface area contributed by atoms with Crippen molar-refractivity contribution < 1.29 is 34.3 Å². The third-order valence-electron chi connectivity index (χ3n) is 9.56. The number of aliphatic hydroxyl groups is 3. The fourth-order valence-corrected chi connectivity index (χ4v) is 6.92. The number of hydrogen-bond donors (Lipinski definition) is 3. The number of ether oxygens (including phenoxy) is 3. The maximum atomic E-state index is 11.6. The highest BCUT2D eigenvalue weighted by atomic mass is 16.6. The van der Waals surface area contributed by atoms with E-state index in [9.17, 15) is 20.1 Å². The van der Waals surface area contributed by atoms with Gasteiger partial charge in [-0.25, -0.2) is 4.79 Å². The monoisotopic (exact) mass is 594 g/mol. The van der Waals surface area contributed by atoms with Gasteiger partial charge in [0.25, 0.3) is 0 Å². The van der Waals surface area contributed by atoms with Crippen LogP contribution in [-0.4, -0.2) is 70.1 Å². The van der Waals surface area contributed by atoms with E-state index in [4.69, 9.17) is 14.2 Å². The Hall–Kier alpha value is -0.990. The van der Waals surface area contributed by atoms with Gasteiger partial charge in [-0.1, -0.05) is 77.6 Å². The molecule has 0 saturated carbocycles. The molecule has 3 heterocycles. The van der Waals surface area contributed by atoms with Crippen LogP contribution in [0.3, 0.4) is 0 Å². The van der Waals surface area contributed by atoms with Crippen molar-refractivity contribution in [2.75, 3.05) is 0 Å². The molecule has 3 N–H and O–H groups in total. The number of hydrogen-bond acceptors (Lipinski definition) is 7. The summed E-state index contributed by atoms with van der Waals surface area (Å²) in [5, 5.41) is 31.6. The molecule has 0 spiro atoms. The predicted octanol–water partition coefficient (Wildman–Crippen LogP) is 7.08. The van der Waals surface area contributed by atoms with Crippen molar-refractivity contribution in [2.45, 2.75) is 204 Å². The van der Waals surface area contributed by atoms with E-state index in [0.29, 0.717) is 6.42 Å². The zero-order valence-corrected chi connectivity index (χ0v) is 26.7. The van der Waals surface area contributed by atoms with Crippen LogP contribution in [0.2, 0.25) is 0 Å². The third-order valence-corrected chi connectivity index (χ3v) is 9.56. The molecular weight excluding hydrogens is 532 g/mol. The highest BCUT2D eigenvalue weighted by Gasteiger charge is 2.40. The van der Waals surface area contributed by atoms with Crippen molar-refractivity contribution in [2.24, 2.45) is 0 Å². The molecule has 0 bridgehead atoms. The summed E-state index contributed by atoms with van der Waals surface area (Å²) >= 11 is 0. The summed E-state index contributed by atoms with van der Waals surface area (Å²) in [7, 11) is 0. The second-order valence-electron chi connectivity index (χ2n) is 13.3. The van der Waals surface area contributed by atoms with Crippen LogP contribution >= 0.6 is 0 Å². The summed E-state index contributed by atoms with van der Waals surface area (Å²) in [5.74, 6) is -0.133. The second-order valence-corrected chi connectivity index (χ2v) is 13.3. The van der Waals surface area contributed by atoms with Gasteiger partial charge in [-0.15, -0.1) is 0 Å². The van der Waals surface area contributed by atoms with Gasteiger partial charge in [-0.3, -0.25) is 0 Å². The van der Waals surface area contributed by atoms with Gasteiger partial charge in [-0.05, 0) is 83.6 Å². The van der Waals surface area contributed by atoms with Crippen molar-refractivity contribution in [1.29, 1.82) is 0 Å². The molecule has 2 fully saturated rings. The Morgan fingerprint density at radius 3 is 1.76 bits per heavy atom. The molecule has 3 aliphatic rings. The van der Waals surface area contributed by atoms with Crippen LogP contribution < -0.4 is 0 Å². The van der Waals surface area contributed by atoms with Crippen molar-refractivity contribution >= 4 is 5.97 Å². The number of esters is 1. The molecule has 3 rings (SSSR count).